The van der Waals surface area contributed by atoms with Crippen LogP contribution in [0, 0.1) is 0 Å². The van der Waals surface area contributed by atoms with Crippen molar-refractivity contribution in [1.82, 2.24) is 0 Å². The second kappa shape index (κ2) is 56.2. The third kappa shape index (κ3) is 54.4. The average molecular weight is 942 g/mol. The SMILES string of the molecule is CCCCC/C=C\C/C=C\CCCCCCCCCC(=O)OC(COC(=O)CCCCCCC/C=C\CCCCC)COC(=O)CCCCCCCCCCCCCCCCCCCCCC. The van der Waals surface area contributed by atoms with Gasteiger partial charge in [-0.1, -0.05) is 256 Å². The average Bonchev–Trinajstić information content (AvgIpc) is 3.33. The van der Waals surface area contributed by atoms with Gasteiger partial charge in [-0.05, 0) is 77.0 Å². The Balaban J connectivity index is 4.30. The molecule has 0 fully saturated rings. The first-order valence-electron chi connectivity index (χ1n) is 29.5. The maximum absolute atomic E-state index is 12.8. The maximum atomic E-state index is 12.8. The Labute approximate surface area is 416 Å². The van der Waals surface area contributed by atoms with Crippen LogP contribution in [0.3, 0.4) is 0 Å². The Bertz CT molecular complexity index is 1130. The smallest absolute Gasteiger partial charge is 0.306 e. The number of hydrogen-bond donors (Lipinski definition) is 0. The van der Waals surface area contributed by atoms with Crippen LogP contribution in [0.5, 0.6) is 0 Å². The molecular weight excluding hydrogens is 829 g/mol. The van der Waals surface area contributed by atoms with Crippen molar-refractivity contribution in [3.05, 3.63) is 36.5 Å². The van der Waals surface area contributed by atoms with E-state index in [9.17, 15) is 14.4 Å². The van der Waals surface area contributed by atoms with E-state index in [-0.39, 0.29) is 31.1 Å². The molecule has 0 aliphatic rings. The lowest BCUT2D eigenvalue weighted by Gasteiger charge is -2.18. The molecule has 0 spiro atoms. The minimum Gasteiger partial charge on any atom is -0.462 e. The van der Waals surface area contributed by atoms with Crippen molar-refractivity contribution in [2.45, 2.75) is 322 Å². The van der Waals surface area contributed by atoms with E-state index in [1.54, 1.807) is 0 Å². The van der Waals surface area contributed by atoms with E-state index in [1.807, 2.05) is 0 Å². The number of unbranched alkanes of at least 4 members (excludes halogenated alkanes) is 37. The molecule has 6 heteroatoms. The molecule has 67 heavy (non-hydrogen) atoms. The minimum absolute atomic E-state index is 0.0744. The summed E-state index contributed by atoms with van der Waals surface area (Å²) in [5.41, 5.74) is 0. The molecule has 0 aliphatic heterocycles. The van der Waals surface area contributed by atoms with Gasteiger partial charge < -0.3 is 14.2 Å². The van der Waals surface area contributed by atoms with Crippen LogP contribution in [0.2, 0.25) is 0 Å². The Morgan fingerprint density at radius 3 is 0.866 bits per heavy atom. The lowest BCUT2D eigenvalue weighted by Crippen LogP contribution is -2.30. The number of ether oxygens (including phenoxy) is 3. The van der Waals surface area contributed by atoms with Crippen LogP contribution >= 0.6 is 0 Å². The summed E-state index contributed by atoms with van der Waals surface area (Å²) in [5, 5.41) is 0. The van der Waals surface area contributed by atoms with Gasteiger partial charge in [-0.3, -0.25) is 14.4 Å². The van der Waals surface area contributed by atoms with E-state index < -0.39 is 6.10 Å². The molecule has 6 nitrogen and oxygen atoms in total. The lowest BCUT2D eigenvalue weighted by atomic mass is 10.0. The summed E-state index contributed by atoms with van der Waals surface area (Å²) in [6.45, 7) is 6.62. The van der Waals surface area contributed by atoms with Crippen molar-refractivity contribution >= 4 is 17.9 Å². The molecule has 392 valence electrons. The number of carbonyl (C=O) groups is 3. The van der Waals surface area contributed by atoms with Gasteiger partial charge in [0.2, 0.25) is 0 Å². The van der Waals surface area contributed by atoms with Crippen LogP contribution < -0.4 is 0 Å². The van der Waals surface area contributed by atoms with Gasteiger partial charge in [0.15, 0.2) is 6.10 Å². The highest BCUT2D eigenvalue weighted by Crippen LogP contribution is 2.17. The van der Waals surface area contributed by atoms with E-state index in [2.05, 4.69) is 57.2 Å². The molecule has 0 N–H and O–H groups in total. The fourth-order valence-corrected chi connectivity index (χ4v) is 8.65. The molecule has 0 rings (SSSR count). The van der Waals surface area contributed by atoms with Crippen molar-refractivity contribution in [3.8, 4) is 0 Å². The summed E-state index contributed by atoms with van der Waals surface area (Å²) in [6, 6.07) is 0. The van der Waals surface area contributed by atoms with Crippen LogP contribution in [-0.2, 0) is 28.6 Å². The molecule has 0 radical (unpaired) electrons. The van der Waals surface area contributed by atoms with Crippen LogP contribution in [0.1, 0.15) is 316 Å². The van der Waals surface area contributed by atoms with E-state index in [1.165, 1.54) is 199 Å². The van der Waals surface area contributed by atoms with Crippen LogP contribution in [0.15, 0.2) is 36.5 Å². The summed E-state index contributed by atoms with van der Waals surface area (Å²) < 4.78 is 16.9. The van der Waals surface area contributed by atoms with Crippen molar-refractivity contribution in [2.24, 2.45) is 0 Å². The number of allylic oxidation sites excluding steroid dienone is 6. The molecule has 1 unspecified atom stereocenters. The molecule has 0 aromatic heterocycles. The van der Waals surface area contributed by atoms with E-state index in [0.717, 1.165) is 77.0 Å². The normalized spacial score (nSPS) is 12.2. The third-order valence-electron chi connectivity index (χ3n) is 13.1. The number of carbonyl (C=O) groups excluding carboxylic acids is 3. The summed E-state index contributed by atoms with van der Waals surface area (Å²) in [6.07, 6.45) is 67.1. The van der Waals surface area contributed by atoms with Gasteiger partial charge in [-0.25, -0.2) is 0 Å². The number of rotatable bonds is 54. The number of hydrogen-bond acceptors (Lipinski definition) is 6. The van der Waals surface area contributed by atoms with Gasteiger partial charge in [0.25, 0.3) is 0 Å². The van der Waals surface area contributed by atoms with Gasteiger partial charge in [0, 0.05) is 19.3 Å². The van der Waals surface area contributed by atoms with Crippen LogP contribution in [-0.4, -0.2) is 37.2 Å². The fourth-order valence-electron chi connectivity index (χ4n) is 8.65. The molecule has 0 saturated heterocycles. The van der Waals surface area contributed by atoms with Gasteiger partial charge >= 0.3 is 17.9 Å². The first-order valence-corrected chi connectivity index (χ1v) is 29.5. The Kier molecular flexibility index (Phi) is 54.2. The summed E-state index contributed by atoms with van der Waals surface area (Å²) in [7, 11) is 0. The molecule has 0 amide bonds. The van der Waals surface area contributed by atoms with Gasteiger partial charge in [-0.2, -0.15) is 0 Å². The molecule has 0 saturated carbocycles. The fraction of sp³-hybridized carbons (Fsp3) is 0.852. The first-order chi connectivity index (χ1) is 33.0. The molecule has 0 aliphatic carbocycles. The van der Waals surface area contributed by atoms with Crippen molar-refractivity contribution in [3.63, 3.8) is 0 Å². The lowest BCUT2D eigenvalue weighted by molar-refractivity contribution is -0.167. The molecule has 0 bridgehead atoms. The second-order valence-corrected chi connectivity index (χ2v) is 19.9. The Morgan fingerprint density at radius 1 is 0.299 bits per heavy atom. The third-order valence-corrected chi connectivity index (χ3v) is 13.1. The summed E-state index contributed by atoms with van der Waals surface area (Å²) in [5.74, 6) is -0.874. The van der Waals surface area contributed by atoms with E-state index in [0.29, 0.717) is 19.3 Å². The molecular formula is C61H112O6. The predicted molar refractivity (Wildman–Crippen MR) is 289 cm³/mol. The van der Waals surface area contributed by atoms with Crippen molar-refractivity contribution < 1.29 is 28.6 Å². The van der Waals surface area contributed by atoms with E-state index in [4.69, 9.17) is 14.2 Å². The maximum Gasteiger partial charge on any atom is 0.306 e. The Morgan fingerprint density at radius 2 is 0.537 bits per heavy atom. The standard InChI is InChI=1S/C61H112O6/c1-4-7-10-13-16-19-22-25-27-29-30-31-33-34-36-39-42-45-48-51-54-60(63)66-57-58(56-65-59(62)53-50-47-44-41-38-24-21-18-15-12-9-6-3)67-61(64)55-52-49-46-43-40-37-35-32-28-26-23-20-17-14-11-8-5-2/h17-18,20-21,26,28,58H,4-16,19,22-25,27,29-57H2,1-3H3/b20-17-,21-18-,28-26-. The van der Waals surface area contributed by atoms with Gasteiger partial charge in [0.05, 0.1) is 0 Å². The van der Waals surface area contributed by atoms with Gasteiger partial charge in [0.1, 0.15) is 13.2 Å². The first kappa shape index (κ1) is 64.6. The predicted octanol–water partition coefficient (Wildman–Crippen LogP) is 19.7. The molecule has 1 atom stereocenters. The highest BCUT2D eigenvalue weighted by Gasteiger charge is 2.19. The zero-order chi connectivity index (χ0) is 48.6. The minimum atomic E-state index is -0.777. The quantitative estimate of drug-likeness (QED) is 0.0262. The van der Waals surface area contributed by atoms with Crippen molar-refractivity contribution in [2.75, 3.05) is 13.2 Å². The monoisotopic (exact) mass is 941 g/mol. The summed E-state index contributed by atoms with van der Waals surface area (Å²) in [4.78, 5) is 38.1. The highest BCUT2D eigenvalue weighted by atomic mass is 16.6. The highest BCUT2D eigenvalue weighted by molar-refractivity contribution is 5.71. The summed E-state index contributed by atoms with van der Waals surface area (Å²) >= 11 is 0. The van der Waals surface area contributed by atoms with Gasteiger partial charge in [-0.15, -0.1) is 0 Å². The largest absolute Gasteiger partial charge is 0.462 e. The zero-order valence-corrected chi connectivity index (χ0v) is 44.9. The topological polar surface area (TPSA) is 78.9 Å². The van der Waals surface area contributed by atoms with E-state index >= 15 is 0 Å². The molecule has 0 heterocycles. The van der Waals surface area contributed by atoms with Crippen molar-refractivity contribution in [1.29, 1.82) is 0 Å². The molecule has 0 aromatic carbocycles. The molecule has 0 aromatic rings. The second-order valence-electron chi connectivity index (χ2n) is 19.9. The Hall–Kier alpha value is -2.37. The van der Waals surface area contributed by atoms with Crippen LogP contribution in [0.4, 0.5) is 0 Å². The van der Waals surface area contributed by atoms with Crippen LogP contribution in [0.25, 0.3) is 0 Å². The zero-order valence-electron chi connectivity index (χ0n) is 44.9. The number of esters is 3.